The number of rotatable bonds is 5. The predicted octanol–water partition coefficient (Wildman–Crippen LogP) is 4.54. The van der Waals surface area contributed by atoms with E-state index in [1.165, 1.54) is 5.56 Å². The number of para-hydroxylation sites is 1. The van der Waals surface area contributed by atoms with Crippen LogP contribution >= 0.6 is 0 Å². The summed E-state index contributed by atoms with van der Waals surface area (Å²) in [6, 6.07) is 18.3. The highest BCUT2D eigenvalue weighted by Gasteiger charge is 2.30. The largest absolute Gasteiger partial charge is 0.494 e. The highest BCUT2D eigenvalue weighted by Crippen LogP contribution is 2.33. The maximum atomic E-state index is 13.1. The van der Waals surface area contributed by atoms with Gasteiger partial charge in [0.1, 0.15) is 5.75 Å². The second kappa shape index (κ2) is 7.78. The SMILES string of the molecule is CCOc1ccc(C2CCCN2C(=O)Cc2cccc3cccnc23)cc1. The van der Waals surface area contributed by atoms with E-state index in [0.29, 0.717) is 13.0 Å². The molecule has 0 spiro atoms. The molecule has 1 atom stereocenters. The summed E-state index contributed by atoms with van der Waals surface area (Å²) in [5.41, 5.74) is 3.10. The van der Waals surface area contributed by atoms with Crippen molar-refractivity contribution in [1.82, 2.24) is 9.88 Å². The monoisotopic (exact) mass is 360 g/mol. The number of hydrogen-bond acceptors (Lipinski definition) is 3. The van der Waals surface area contributed by atoms with Crippen LogP contribution in [0.25, 0.3) is 10.9 Å². The van der Waals surface area contributed by atoms with Gasteiger partial charge in [-0.3, -0.25) is 9.78 Å². The molecule has 1 aliphatic rings. The summed E-state index contributed by atoms with van der Waals surface area (Å²) in [5.74, 6) is 1.04. The zero-order valence-corrected chi connectivity index (χ0v) is 15.6. The van der Waals surface area contributed by atoms with Gasteiger partial charge in [0.25, 0.3) is 0 Å². The summed E-state index contributed by atoms with van der Waals surface area (Å²) in [4.78, 5) is 19.6. The topological polar surface area (TPSA) is 42.4 Å². The maximum Gasteiger partial charge on any atom is 0.227 e. The lowest BCUT2D eigenvalue weighted by Crippen LogP contribution is -2.31. The molecule has 1 aliphatic heterocycles. The van der Waals surface area contributed by atoms with E-state index in [2.05, 4.69) is 17.1 Å². The first kappa shape index (κ1) is 17.5. The third-order valence-electron chi connectivity index (χ3n) is 5.21. The van der Waals surface area contributed by atoms with E-state index in [9.17, 15) is 4.79 Å². The number of nitrogens with zero attached hydrogens (tertiary/aromatic N) is 2. The average Bonchev–Trinajstić information content (AvgIpc) is 3.19. The van der Waals surface area contributed by atoms with Gasteiger partial charge in [-0.05, 0) is 49.1 Å². The van der Waals surface area contributed by atoms with E-state index in [1.54, 1.807) is 6.20 Å². The molecule has 3 aromatic rings. The lowest BCUT2D eigenvalue weighted by atomic mass is 10.0. The van der Waals surface area contributed by atoms with E-state index >= 15 is 0 Å². The minimum atomic E-state index is 0.149. The third-order valence-corrected chi connectivity index (χ3v) is 5.21. The molecule has 0 saturated carbocycles. The average molecular weight is 360 g/mol. The number of benzene rings is 2. The number of hydrogen-bond donors (Lipinski definition) is 0. The van der Waals surface area contributed by atoms with Crippen LogP contribution < -0.4 is 4.74 Å². The van der Waals surface area contributed by atoms with Crippen LogP contribution in [0, 0.1) is 0 Å². The molecular formula is C23H24N2O2. The Morgan fingerprint density at radius 2 is 1.96 bits per heavy atom. The Morgan fingerprint density at radius 3 is 2.78 bits per heavy atom. The molecule has 1 fully saturated rings. The number of aromatic nitrogens is 1. The molecule has 138 valence electrons. The zero-order chi connectivity index (χ0) is 18.6. The van der Waals surface area contributed by atoms with Crippen LogP contribution in [0.3, 0.4) is 0 Å². The number of amides is 1. The number of pyridine rings is 1. The number of likely N-dealkylation sites (tertiary alicyclic amines) is 1. The van der Waals surface area contributed by atoms with Crippen molar-refractivity contribution in [3.8, 4) is 5.75 Å². The predicted molar refractivity (Wildman–Crippen MR) is 107 cm³/mol. The van der Waals surface area contributed by atoms with Gasteiger partial charge < -0.3 is 9.64 Å². The molecule has 4 heteroatoms. The molecule has 27 heavy (non-hydrogen) atoms. The standard InChI is InChI=1S/C23H24N2O2/c1-2-27-20-12-10-17(11-13-20)21-9-5-15-25(21)22(26)16-19-7-3-6-18-8-4-14-24-23(18)19/h3-4,6-8,10-14,21H,2,5,9,15-16H2,1H3. The molecular weight excluding hydrogens is 336 g/mol. The summed E-state index contributed by atoms with van der Waals surface area (Å²) in [5, 5.41) is 1.08. The number of carbonyl (C=O) groups excluding carboxylic acids is 1. The smallest absolute Gasteiger partial charge is 0.227 e. The molecule has 2 aromatic carbocycles. The lowest BCUT2D eigenvalue weighted by Gasteiger charge is -2.25. The van der Waals surface area contributed by atoms with Gasteiger partial charge in [-0.2, -0.15) is 0 Å². The van der Waals surface area contributed by atoms with E-state index in [4.69, 9.17) is 4.74 Å². The van der Waals surface area contributed by atoms with E-state index in [1.807, 2.05) is 54.3 Å². The second-order valence-corrected chi connectivity index (χ2v) is 6.92. The van der Waals surface area contributed by atoms with Crippen molar-refractivity contribution >= 4 is 16.8 Å². The van der Waals surface area contributed by atoms with Gasteiger partial charge in [-0.25, -0.2) is 0 Å². The zero-order valence-electron chi connectivity index (χ0n) is 15.6. The molecule has 1 amide bonds. The van der Waals surface area contributed by atoms with Crippen molar-refractivity contribution < 1.29 is 9.53 Å². The van der Waals surface area contributed by atoms with Crippen molar-refractivity contribution in [3.05, 3.63) is 71.9 Å². The Labute approximate surface area is 159 Å². The molecule has 0 N–H and O–H groups in total. The molecule has 1 saturated heterocycles. The van der Waals surface area contributed by atoms with Gasteiger partial charge >= 0.3 is 0 Å². The van der Waals surface area contributed by atoms with Crippen LogP contribution in [-0.4, -0.2) is 28.9 Å². The van der Waals surface area contributed by atoms with Gasteiger partial charge in [0.05, 0.1) is 24.6 Å². The Morgan fingerprint density at radius 1 is 1.15 bits per heavy atom. The fourth-order valence-electron chi connectivity index (χ4n) is 3.94. The van der Waals surface area contributed by atoms with Crippen LogP contribution in [0.4, 0.5) is 0 Å². The number of fused-ring (bicyclic) bond motifs is 1. The van der Waals surface area contributed by atoms with Crippen LogP contribution in [0.5, 0.6) is 5.75 Å². The van der Waals surface area contributed by atoms with Crippen LogP contribution in [0.2, 0.25) is 0 Å². The molecule has 0 aliphatic carbocycles. The highest BCUT2D eigenvalue weighted by atomic mass is 16.5. The normalized spacial score (nSPS) is 16.6. The van der Waals surface area contributed by atoms with Crippen LogP contribution in [0.1, 0.15) is 36.9 Å². The molecule has 2 heterocycles. The van der Waals surface area contributed by atoms with Crippen LogP contribution in [-0.2, 0) is 11.2 Å². The van der Waals surface area contributed by atoms with Gasteiger partial charge in [0.2, 0.25) is 5.91 Å². The summed E-state index contributed by atoms with van der Waals surface area (Å²) in [7, 11) is 0. The van der Waals surface area contributed by atoms with Gasteiger partial charge in [-0.1, -0.05) is 36.4 Å². The summed E-state index contributed by atoms with van der Waals surface area (Å²) in [6.07, 6.45) is 4.22. The second-order valence-electron chi connectivity index (χ2n) is 6.92. The summed E-state index contributed by atoms with van der Waals surface area (Å²) >= 11 is 0. The van der Waals surface area contributed by atoms with Crippen molar-refractivity contribution in [1.29, 1.82) is 0 Å². The first-order valence-electron chi connectivity index (χ1n) is 9.61. The molecule has 4 nitrogen and oxygen atoms in total. The fourth-order valence-corrected chi connectivity index (χ4v) is 3.94. The van der Waals surface area contributed by atoms with Gasteiger partial charge in [0.15, 0.2) is 0 Å². The lowest BCUT2D eigenvalue weighted by molar-refractivity contribution is -0.131. The maximum absolute atomic E-state index is 13.1. The molecule has 0 bridgehead atoms. The van der Waals surface area contributed by atoms with Crippen molar-refractivity contribution in [2.24, 2.45) is 0 Å². The molecule has 1 unspecified atom stereocenters. The minimum Gasteiger partial charge on any atom is -0.494 e. The van der Waals surface area contributed by atoms with E-state index in [0.717, 1.165) is 41.6 Å². The first-order chi connectivity index (χ1) is 13.3. The number of carbonyl (C=O) groups is 1. The van der Waals surface area contributed by atoms with Gasteiger partial charge in [-0.15, -0.1) is 0 Å². The Bertz CT molecular complexity index is 931. The highest BCUT2D eigenvalue weighted by molar-refractivity contribution is 5.87. The van der Waals surface area contributed by atoms with Gasteiger partial charge in [0, 0.05) is 18.1 Å². The Balaban J connectivity index is 1.53. The third kappa shape index (κ3) is 3.65. The molecule has 4 rings (SSSR count). The Kier molecular flexibility index (Phi) is 5.05. The fraction of sp³-hybridized carbons (Fsp3) is 0.304. The first-order valence-corrected chi connectivity index (χ1v) is 9.61. The van der Waals surface area contributed by atoms with E-state index in [-0.39, 0.29) is 11.9 Å². The molecule has 0 radical (unpaired) electrons. The minimum absolute atomic E-state index is 0.149. The van der Waals surface area contributed by atoms with E-state index < -0.39 is 0 Å². The van der Waals surface area contributed by atoms with Crippen LogP contribution in [0.15, 0.2) is 60.8 Å². The summed E-state index contributed by atoms with van der Waals surface area (Å²) in [6.45, 7) is 3.45. The summed E-state index contributed by atoms with van der Waals surface area (Å²) < 4.78 is 5.53. The Hall–Kier alpha value is -2.88. The van der Waals surface area contributed by atoms with Crippen molar-refractivity contribution in [2.75, 3.05) is 13.2 Å². The quantitative estimate of drug-likeness (QED) is 0.671. The van der Waals surface area contributed by atoms with Crippen molar-refractivity contribution in [2.45, 2.75) is 32.2 Å². The number of ether oxygens (including phenoxy) is 1. The molecule has 1 aromatic heterocycles. The van der Waals surface area contributed by atoms with Crippen molar-refractivity contribution in [3.63, 3.8) is 0 Å².